The molecule has 112 valence electrons. The zero-order valence-corrected chi connectivity index (χ0v) is 14.5. The van der Waals surface area contributed by atoms with E-state index in [1.807, 2.05) is 6.07 Å². The Balaban J connectivity index is 2.27. The molecule has 2 aromatic carbocycles. The van der Waals surface area contributed by atoms with Crippen LogP contribution in [-0.2, 0) is 6.54 Å². The number of rotatable bonds is 5. The first-order chi connectivity index (χ1) is 10.0. The quantitative estimate of drug-likeness (QED) is 0.878. The van der Waals surface area contributed by atoms with E-state index in [1.54, 1.807) is 0 Å². The number of hydrogen-bond donors (Lipinski definition) is 1. The summed E-state index contributed by atoms with van der Waals surface area (Å²) in [6.07, 6.45) is 0. The molecule has 2 N–H and O–H groups in total. The summed E-state index contributed by atoms with van der Waals surface area (Å²) in [6, 6.07) is 15.0. The van der Waals surface area contributed by atoms with Crippen molar-refractivity contribution in [2.24, 2.45) is 5.73 Å². The second kappa shape index (κ2) is 7.21. The molecule has 0 saturated heterocycles. The molecule has 0 saturated carbocycles. The van der Waals surface area contributed by atoms with Crippen molar-refractivity contribution in [2.75, 3.05) is 13.6 Å². The summed E-state index contributed by atoms with van der Waals surface area (Å²) >= 11 is 3.62. The number of nitrogens with zero attached hydrogens (tertiary/aromatic N) is 1. The van der Waals surface area contributed by atoms with Gasteiger partial charge in [0.1, 0.15) is 0 Å². The molecule has 1 unspecified atom stereocenters. The van der Waals surface area contributed by atoms with E-state index in [0.717, 1.165) is 11.0 Å². The zero-order chi connectivity index (χ0) is 15.4. The Hall–Kier alpha value is -1.16. The standard InChI is InChI=1S/C18H23BrN2/c1-13-7-6-8-14(2)18(13)17(11-20)21(3)12-15-9-4-5-10-16(15)19/h4-10,17H,11-12,20H2,1-3H3. The van der Waals surface area contributed by atoms with Crippen molar-refractivity contribution in [3.05, 3.63) is 69.2 Å². The van der Waals surface area contributed by atoms with Crippen molar-refractivity contribution < 1.29 is 0 Å². The van der Waals surface area contributed by atoms with Gasteiger partial charge >= 0.3 is 0 Å². The third kappa shape index (κ3) is 3.73. The molecule has 0 heterocycles. The summed E-state index contributed by atoms with van der Waals surface area (Å²) in [7, 11) is 2.14. The van der Waals surface area contributed by atoms with Gasteiger partial charge in [-0.1, -0.05) is 52.3 Å². The summed E-state index contributed by atoms with van der Waals surface area (Å²) < 4.78 is 1.15. The second-order valence-corrected chi connectivity index (χ2v) is 6.42. The molecule has 0 bridgehead atoms. The van der Waals surface area contributed by atoms with Crippen molar-refractivity contribution >= 4 is 15.9 Å². The predicted octanol–water partition coefficient (Wildman–Crippen LogP) is 4.20. The first-order valence-corrected chi connectivity index (χ1v) is 8.03. The van der Waals surface area contributed by atoms with Crippen LogP contribution in [0.4, 0.5) is 0 Å². The summed E-state index contributed by atoms with van der Waals surface area (Å²) in [6.45, 7) is 5.82. The van der Waals surface area contributed by atoms with Crippen molar-refractivity contribution in [3.63, 3.8) is 0 Å². The SMILES string of the molecule is Cc1cccc(C)c1C(CN)N(C)Cc1ccccc1Br. The largest absolute Gasteiger partial charge is 0.329 e. The first kappa shape index (κ1) is 16.2. The first-order valence-electron chi connectivity index (χ1n) is 7.24. The molecule has 2 nitrogen and oxygen atoms in total. The van der Waals surface area contributed by atoms with Crippen LogP contribution < -0.4 is 5.73 Å². The molecule has 0 spiro atoms. The van der Waals surface area contributed by atoms with Crippen LogP contribution in [0.1, 0.15) is 28.3 Å². The minimum Gasteiger partial charge on any atom is -0.329 e. The summed E-state index contributed by atoms with van der Waals surface area (Å²) in [5, 5.41) is 0. The topological polar surface area (TPSA) is 29.3 Å². The lowest BCUT2D eigenvalue weighted by Crippen LogP contribution is -2.31. The van der Waals surface area contributed by atoms with E-state index in [0.29, 0.717) is 6.54 Å². The van der Waals surface area contributed by atoms with Crippen LogP contribution in [0.3, 0.4) is 0 Å². The number of nitrogens with two attached hydrogens (primary N) is 1. The van der Waals surface area contributed by atoms with E-state index < -0.39 is 0 Å². The molecule has 0 amide bonds. The lowest BCUT2D eigenvalue weighted by Gasteiger charge is -2.30. The van der Waals surface area contributed by atoms with Gasteiger partial charge in [0.15, 0.2) is 0 Å². The summed E-state index contributed by atoms with van der Waals surface area (Å²) in [4.78, 5) is 2.33. The van der Waals surface area contributed by atoms with Gasteiger partial charge in [-0.3, -0.25) is 4.90 Å². The van der Waals surface area contributed by atoms with E-state index in [9.17, 15) is 0 Å². The highest BCUT2D eigenvalue weighted by Gasteiger charge is 2.19. The van der Waals surface area contributed by atoms with Crippen molar-refractivity contribution in [1.29, 1.82) is 0 Å². The summed E-state index contributed by atoms with van der Waals surface area (Å²) in [5.41, 5.74) is 11.3. The summed E-state index contributed by atoms with van der Waals surface area (Å²) in [5.74, 6) is 0. The number of aryl methyl sites for hydroxylation is 2. The van der Waals surface area contributed by atoms with Crippen LogP contribution in [0, 0.1) is 13.8 Å². The van der Waals surface area contributed by atoms with Crippen LogP contribution in [-0.4, -0.2) is 18.5 Å². The smallest absolute Gasteiger partial charge is 0.0476 e. The minimum absolute atomic E-state index is 0.235. The fourth-order valence-electron chi connectivity index (χ4n) is 2.88. The van der Waals surface area contributed by atoms with E-state index in [1.165, 1.54) is 22.3 Å². The van der Waals surface area contributed by atoms with Crippen molar-refractivity contribution in [2.45, 2.75) is 26.4 Å². The Kier molecular flexibility index (Phi) is 5.57. The fourth-order valence-corrected chi connectivity index (χ4v) is 3.29. The zero-order valence-electron chi connectivity index (χ0n) is 12.9. The number of halogens is 1. The van der Waals surface area contributed by atoms with Crippen LogP contribution in [0.5, 0.6) is 0 Å². The van der Waals surface area contributed by atoms with Crippen molar-refractivity contribution in [1.82, 2.24) is 4.90 Å². The van der Waals surface area contributed by atoms with Gasteiger partial charge in [-0.2, -0.15) is 0 Å². The molecular weight excluding hydrogens is 324 g/mol. The van der Waals surface area contributed by atoms with Gasteiger partial charge in [0.05, 0.1) is 0 Å². The highest BCUT2D eigenvalue weighted by molar-refractivity contribution is 9.10. The van der Waals surface area contributed by atoms with Crippen molar-refractivity contribution in [3.8, 4) is 0 Å². The Morgan fingerprint density at radius 2 is 1.67 bits per heavy atom. The molecule has 0 aromatic heterocycles. The maximum atomic E-state index is 6.08. The highest BCUT2D eigenvalue weighted by atomic mass is 79.9. The third-order valence-electron chi connectivity index (χ3n) is 4.01. The van der Waals surface area contributed by atoms with Crippen LogP contribution >= 0.6 is 15.9 Å². The Morgan fingerprint density at radius 3 is 2.24 bits per heavy atom. The van der Waals surface area contributed by atoms with E-state index in [2.05, 4.69) is 78.1 Å². The van der Waals surface area contributed by atoms with E-state index >= 15 is 0 Å². The van der Waals surface area contributed by atoms with Gasteiger partial charge in [-0.05, 0) is 49.2 Å². The average Bonchev–Trinajstić information content (AvgIpc) is 2.45. The second-order valence-electron chi connectivity index (χ2n) is 5.56. The average molecular weight is 347 g/mol. The molecule has 1 atom stereocenters. The third-order valence-corrected chi connectivity index (χ3v) is 4.78. The molecule has 0 radical (unpaired) electrons. The van der Waals surface area contributed by atoms with Gasteiger partial charge in [-0.25, -0.2) is 0 Å². The molecule has 2 rings (SSSR count). The van der Waals surface area contributed by atoms with Crippen LogP contribution in [0.15, 0.2) is 46.9 Å². The normalized spacial score (nSPS) is 12.7. The lowest BCUT2D eigenvalue weighted by molar-refractivity contribution is 0.240. The molecule has 0 aliphatic rings. The van der Waals surface area contributed by atoms with Gasteiger partial charge in [0.2, 0.25) is 0 Å². The monoisotopic (exact) mass is 346 g/mol. The molecule has 0 aliphatic carbocycles. The highest BCUT2D eigenvalue weighted by Crippen LogP contribution is 2.28. The van der Waals surface area contributed by atoms with Crippen LogP contribution in [0.2, 0.25) is 0 Å². The lowest BCUT2D eigenvalue weighted by atomic mass is 9.95. The fraction of sp³-hybridized carbons (Fsp3) is 0.333. The van der Waals surface area contributed by atoms with Gasteiger partial charge < -0.3 is 5.73 Å². The van der Waals surface area contributed by atoms with Gasteiger partial charge in [-0.15, -0.1) is 0 Å². The Morgan fingerprint density at radius 1 is 1.05 bits per heavy atom. The molecule has 0 fully saturated rings. The van der Waals surface area contributed by atoms with E-state index in [4.69, 9.17) is 5.73 Å². The predicted molar refractivity (Wildman–Crippen MR) is 93.3 cm³/mol. The maximum Gasteiger partial charge on any atom is 0.0476 e. The van der Waals surface area contributed by atoms with Gasteiger partial charge in [0.25, 0.3) is 0 Å². The van der Waals surface area contributed by atoms with Gasteiger partial charge in [0, 0.05) is 23.6 Å². The molecule has 21 heavy (non-hydrogen) atoms. The molecule has 2 aromatic rings. The van der Waals surface area contributed by atoms with E-state index in [-0.39, 0.29) is 6.04 Å². The number of benzene rings is 2. The van der Waals surface area contributed by atoms with Crippen LogP contribution in [0.25, 0.3) is 0 Å². The maximum absolute atomic E-state index is 6.08. The Labute approximate surface area is 136 Å². The number of hydrogen-bond acceptors (Lipinski definition) is 2. The molecule has 3 heteroatoms. The molecule has 0 aliphatic heterocycles. The number of likely N-dealkylation sites (N-methyl/N-ethyl adjacent to an activating group) is 1. The molecular formula is C18H23BrN2. The Bertz CT molecular complexity index is 590. The minimum atomic E-state index is 0.235.